The van der Waals surface area contributed by atoms with Crippen LogP contribution in [0.4, 0.5) is 11.4 Å². The molecule has 146 valence electrons. The predicted molar refractivity (Wildman–Crippen MR) is 103 cm³/mol. The zero-order valence-electron chi connectivity index (χ0n) is 15.4. The van der Waals surface area contributed by atoms with Crippen LogP contribution in [-0.2, 0) is 7.05 Å². The molecule has 0 unspecified atom stereocenters. The molecule has 0 spiro atoms. The number of aromatic nitrogens is 5. The van der Waals surface area contributed by atoms with E-state index in [1.165, 1.54) is 10.6 Å². The first-order valence-electron chi connectivity index (χ1n) is 8.47. The molecule has 0 aliphatic heterocycles. The van der Waals surface area contributed by atoms with E-state index < -0.39 is 10.8 Å². The number of aromatic hydroxyl groups is 1. The van der Waals surface area contributed by atoms with Crippen molar-refractivity contribution in [2.75, 3.05) is 5.32 Å². The highest BCUT2D eigenvalue weighted by Crippen LogP contribution is 2.28. The highest BCUT2D eigenvalue weighted by Gasteiger charge is 2.18. The first-order valence-corrected chi connectivity index (χ1v) is 8.47. The molecular weight excluding hydrogens is 378 g/mol. The van der Waals surface area contributed by atoms with Crippen molar-refractivity contribution >= 4 is 22.9 Å². The van der Waals surface area contributed by atoms with Crippen molar-refractivity contribution in [2.45, 2.75) is 6.92 Å². The molecule has 0 atom stereocenters. The van der Waals surface area contributed by atoms with Gasteiger partial charge in [0.1, 0.15) is 5.75 Å². The monoisotopic (exact) mass is 393 g/mol. The fourth-order valence-electron chi connectivity index (χ4n) is 2.88. The lowest BCUT2D eigenvalue weighted by Crippen LogP contribution is -2.13. The van der Waals surface area contributed by atoms with Crippen LogP contribution in [0.1, 0.15) is 16.2 Å². The maximum Gasteiger partial charge on any atom is 0.276 e. The topological polar surface area (TPSA) is 140 Å². The quantitative estimate of drug-likeness (QED) is 0.308. The molecule has 0 aliphatic rings. The van der Waals surface area contributed by atoms with E-state index >= 15 is 0 Å². The number of carbonyl (C=O) groups excluding carboxylic acids is 1. The molecule has 1 amide bonds. The van der Waals surface area contributed by atoms with Gasteiger partial charge in [-0.25, -0.2) is 9.50 Å². The number of phenolic OH excluding ortho intramolecular Hbond substituents is 1. The van der Waals surface area contributed by atoms with Gasteiger partial charge in [0.05, 0.1) is 22.5 Å². The second-order valence-corrected chi connectivity index (χ2v) is 6.31. The molecule has 4 aromatic rings. The summed E-state index contributed by atoms with van der Waals surface area (Å²) in [5.74, 6) is -0.933. The molecule has 0 aliphatic carbocycles. The molecule has 0 bridgehead atoms. The zero-order chi connectivity index (χ0) is 20.7. The molecule has 3 aromatic heterocycles. The predicted octanol–water partition coefficient (Wildman–Crippen LogP) is 2.30. The number of benzene rings is 1. The van der Waals surface area contributed by atoms with Gasteiger partial charge >= 0.3 is 0 Å². The number of anilines is 1. The second kappa shape index (κ2) is 6.71. The number of aryl methyl sites for hydroxylation is 1. The largest absolute Gasteiger partial charge is 0.506 e. The van der Waals surface area contributed by atoms with Gasteiger partial charge in [-0.15, -0.1) is 0 Å². The molecule has 4 rings (SSSR count). The van der Waals surface area contributed by atoms with E-state index in [-0.39, 0.29) is 22.8 Å². The molecule has 3 heterocycles. The Hall–Kier alpha value is -4.28. The fraction of sp³-hybridized carbons (Fsp3) is 0.111. The van der Waals surface area contributed by atoms with Gasteiger partial charge in [-0.05, 0) is 19.1 Å². The van der Waals surface area contributed by atoms with Crippen molar-refractivity contribution in [3.05, 3.63) is 64.2 Å². The van der Waals surface area contributed by atoms with E-state index in [1.54, 1.807) is 23.1 Å². The third-order valence-corrected chi connectivity index (χ3v) is 4.54. The standard InChI is InChI=1S/C18H15N7O4/c1-10-12(9-20-23(10)2)15-5-6-19-17-8-14(22-24(15)17)18(27)21-13-7-11(25(28)29)3-4-16(13)26/h3-9,26H,1-2H3,(H,21,27). The molecule has 29 heavy (non-hydrogen) atoms. The Morgan fingerprint density at radius 3 is 2.76 bits per heavy atom. The Kier molecular flexibility index (Phi) is 4.19. The number of amides is 1. The van der Waals surface area contributed by atoms with Crippen LogP contribution in [-0.4, -0.2) is 40.3 Å². The van der Waals surface area contributed by atoms with E-state index in [1.807, 2.05) is 14.0 Å². The van der Waals surface area contributed by atoms with Crippen molar-refractivity contribution in [3.8, 4) is 17.0 Å². The first kappa shape index (κ1) is 18.1. The number of nitro benzene ring substituents is 1. The number of hydrogen-bond donors (Lipinski definition) is 2. The van der Waals surface area contributed by atoms with Crippen LogP contribution in [0.5, 0.6) is 5.75 Å². The lowest BCUT2D eigenvalue weighted by Gasteiger charge is -2.05. The number of fused-ring (bicyclic) bond motifs is 1. The van der Waals surface area contributed by atoms with Gasteiger partial charge in [0.15, 0.2) is 11.3 Å². The third-order valence-electron chi connectivity index (χ3n) is 4.54. The normalized spacial score (nSPS) is 11.0. The van der Waals surface area contributed by atoms with E-state index in [2.05, 4.69) is 20.5 Å². The van der Waals surface area contributed by atoms with Crippen LogP contribution >= 0.6 is 0 Å². The Balaban J connectivity index is 1.71. The van der Waals surface area contributed by atoms with Crippen molar-refractivity contribution < 1.29 is 14.8 Å². The second-order valence-electron chi connectivity index (χ2n) is 6.31. The Labute approximate surface area is 163 Å². The van der Waals surface area contributed by atoms with Crippen LogP contribution in [0, 0.1) is 17.0 Å². The van der Waals surface area contributed by atoms with E-state index in [0.29, 0.717) is 11.3 Å². The highest BCUT2D eigenvalue weighted by molar-refractivity contribution is 6.04. The van der Waals surface area contributed by atoms with Crippen LogP contribution in [0.2, 0.25) is 0 Å². The van der Waals surface area contributed by atoms with Gasteiger partial charge < -0.3 is 10.4 Å². The number of non-ortho nitro benzene ring substituents is 1. The number of nitrogens with zero attached hydrogens (tertiary/aromatic N) is 6. The van der Waals surface area contributed by atoms with E-state index in [9.17, 15) is 20.0 Å². The lowest BCUT2D eigenvalue weighted by molar-refractivity contribution is -0.384. The molecule has 2 N–H and O–H groups in total. The number of nitro groups is 1. The molecule has 0 saturated heterocycles. The minimum absolute atomic E-state index is 0.0393. The van der Waals surface area contributed by atoms with Gasteiger partial charge in [-0.1, -0.05) is 0 Å². The Morgan fingerprint density at radius 2 is 2.07 bits per heavy atom. The molecule has 0 fully saturated rings. The van der Waals surface area contributed by atoms with Gasteiger partial charge in [0.2, 0.25) is 0 Å². The number of nitrogens with one attached hydrogen (secondary N) is 1. The molecule has 11 nitrogen and oxygen atoms in total. The molecule has 0 radical (unpaired) electrons. The van der Waals surface area contributed by atoms with Crippen LogP contribution in [0.25, 0.3) is 16.9 Å². The zero-order valence-corrected chi connectivity index (χ0v) is 15.4. The summed E-state index contributed by atoms with van der Waals surface area (Å²) in [4.78, 5) is 27.1. The third kappa shape index (κ3) is 3.14. The summed E-state index contributed by atoms with van der Waals surface area (Å²) in [5, 5.41) is 31.8. The van der Waals surface area contributed by atoms with Gasteiger partial charge in [0.25, 0.3) is 11.6 Å². The minimum atomic E-state index is -0.639. The molecular formula is C18H15N7O4. The van der Waals surface area contributed by atoms with Crippen LogP contribution < -0.4 is 5.32 Å². The van der Waals surface area contributed by atoms with Crippen LogP contribution in [0.3, 0.4) is 0 Å². The van der Waals surface area contributed by atoms with Gasteiger partial charge in [0, 0.05) is 42.7 Å². The maximum atomic E-state index is 12.6. The molecule has 0 saturated carbocycles. The fourth-order valence-corrected chi connectivity index (χ4v) is 2.88. The summed E-state index contributed by atoms with van der Waals surface area (Å²) >= 11 is 0. The maximum absolute atomic E-state index is 12.6. The summed E-state index contributed by atoms with van der Waals surface area (Å²) < 4.78 is 3.25. The van der Waals surface area contributed by atoms with E-state index in [4.69, 9.17) is 0 Å². The van der Waals surface area contributed by atoms with Crippen molar-refractivity contribution in [3.63, 3.8) is 0 Å². The molecule has 11 heteroatoms. The lowest BCUT2D eigenvalue weighted by atomic mass is 10.2. The van der Waals surface area contributed by atoms with Crippen molar-refractivity contribution in [2.24, 2.45) is 7.05 Å². The average molecular weight is 393 g/mol. The number of carbonyl (C=O) groups is 1. The first-order chi connectivity index (χ1) is 13.8. The van der Waals surface area contributed by atoms with Crippen molar-refractivity contribution in [1.29, 1.82) is 0 Å². The summed E-state index contributed by atoms with van der Waals surface area (Å²) in [5.41, 5.74) is 2.60. The number of rotatable bonds is 4. The van der Waals surface area contributed by atoms with Crippen LogP contribution in [0.15, 0.2) is 42.7 Å². The Morgan fingerprint density at radius 1 is 1.28 bits per heavy atom. The summed E-state index contributed by atoms with van der Waals surface area (Å²) in [6.45, 7) is 1.91. The smallest absolute Gasteiger partial charge is 0.276 e. The number of hydrogen-bond acceptors (Lipinski definition) is 7. The summed E-state index contributed by atoms with van der Waals surface area (Å²) in [6.07, 6.45) is 3.31. The van der Waals surface area contributed by atoms with Gasteiger partial charge in [-0.2, -0.15) is 10.2 Å². The average Bonchev–Trinajstić information content (AvgIpc) is 3.27. The molecule has 1 aromatic carbocycles. The highest BCUT2D eigenvalue weighted by atomic mass is 16.6. The SMILES string of the molecule is Cc1c(-c2ccnc3cc(C(=O)Nc4cc([N+](=O)[O-])ccc4O)nn23)cnn1C. The number of phenols is 1. The van der Waals surface area contributed by atoms with E-state index in [0.717, 1.165) is 29.5 Å². The minimum Gasteiger partial charge on any atom is -0.506 e. The van der Waals surface area contributed by atoms with Gasteiger partial charge in [-0.3, -0.25) is 19.6 Å². The van der Waals surface area contributed by atoms with Crippen molar-refractivity contribution in [1.82, 2.24) is 24.4 Å². The summed E-state index contributed by atoms with van der Waals surface area (Å²) in [7, 11) is 1.82. The Bertz CT molecular complexity index is 1270. The summed E-state index contributed by atoms with van der Waals surface area (Å²) in [6, 6.07) is 6.60.